The standard InChI is InChI=1S/C16H32N2O2/c1-15(2,3)20-14(19)18-13-8-6-12(7-9-13)10-11-16(4,5)17/h12-13H,6-11,17H2,1-5H3,(H,18,19). The number of nitrogens with two attached hydrogens (primary N) is 1. The molecule has 1 aliphatic carbocycles. The fraction of sp³-hybridized carbons (Fsp3) is 0.938. The molecule has 4 heteroatoms. The highest BCUT2D eigenvalue weighted by atomic mass is 16.6. The van der Waals surface area contributed by atoms with E-state index in [1.54, 1.807) is 0 Å². The summed E-state index contributed by atoms with van der Waals surface area (Å²) in [6, 6.07) is 0.270. The van der Waals surface area contributed by atoms with E-state index in [9.17, 15) is 4.79 Å². The molecule has 20 heavy (non-hydrogen) atoms. The van der Waals surface area contributed by atoms with Crippen molar-refractivity contribution < 1.29 is 9.53 Å². The van der Waals surface area contributed by atoms with Gasteiger partial charge in [0.1, 0.15) is 5.60 Å². The number of hydrogen-bond acceptors (Lipinski definition) is 3. The average molecular weight is 284 g/mol. The molecule has 1 saturated carbocycles. The summed E-state index contributed by atoms with van der Waals surface area (Å²) < 4.78 is 5.29. The van der Waals surface area contributed by atoms with Gasteiger partial charge in [0, 0.05) is 11.6 Å². The van der Waals surface area contributed by atoms with Crippen LogP contribution in [0.2, 0.25) is 0 Å². The summed E-state index contributed by atoms with van der Waals surface area (Å²) in [7, 11) is 0. The van der Waals surface area contributed by atoms with E-state index in [1.807, 2.05) is 20.8 Å². The molecule has 0 radical (unpaired) electrons. The van der Waals surface area contributed by atoms with Crippen LogP contribution in [0, 0.1) is 5.92 Å². The number of carbonyl (C=O) groups excluding carboxylic acids is 1. The van der Waals surface area contributed by atoms with Crippen molar-refractivity contribution >= 4 is 6.09 Å². The molecule has 0 aromatic heterocycles. The van der Waals surface area contributed by atoms with Crippen molar-refractivity contribution in [2.45, 2.75) is 90.3 Å². The van der Waals surface area contributed by atoms with Crippen LogP contribution in [0.25, 0.3) is 0 Å². The van der Waals surface area contributed by atoms with Crippen LogP contribution in [0.15, 0.2) is 0 Å². The Kier molecular flexibility index (Phi) is 5.87. The molecule has 0 aromatic rings. The molecule has 1 aliphatic rings. The molecule has 1 rings (SSSR count). The van der Waals surface area contributed by atoms with E-state index in [2.05, 4.69) is 19.2 Å². The van der Waals surface area contributed by atoms with Crippen molar-refractivity contribution in [1.82, 2.24) is 5.32 Å². The summed E-state index contributed by atoms with van der Waals surface area (Å²) in [6.07, 6.45) is 6.44. The quantitative estimate of drug-likeness (QED) is 0.829. The van der Waals surface area contributed by atoms with E-state index in [0.717, 1.165) is 25.2 Å². The predicted octanol–water partition coefficient (Wildman–Crippen LogP) is 3.59. The number of amides is 1. The van der Waals surface area contributed by atoms with Crippen LogP contribution in [0.5, 0.6) is 0 Å². The zero-order valence-corrected chi connectivity index (χ0v) is 13.8. The molecule has 1 fully saturated rings. The van der Waals surface area contributed by atoms with E-state index < -0.39 is 5.60 Å². The normalized spacial score (nSPS) is 24.3. The number of alkyl carbamates (subject to hydrolysis) is 1. The van der Waals surface area contributed by atoms with Gasteiger partial charge in [-0.3, -0.25) is 0 Å². The molecule has 3 N–H and O–H groups in total. The van der Waals surface area contributed by atoms with Crippen molar-refractivity contribution in [1.29, 1.82) is 0 Å². The maximum atomic E-state index is 11.7. The van der Waals surface area contributed by atoms with Crippen LogP contribution in [0.1, 0.15) is 73.1 Å². The summed E-state index contributed by atoms with van der Waals surface area (Å²) in [5, 5.41) is 2.98. The molecule has 0 aromatic carbocycles. The molecule has 118 valence electrons. The maximum Gasteiger partial charge on any atom is 0.407 e. The molecule has 0 unspecified atom stereocenters. The fourth-order valence-corrected chi connectivity index (χ4v) is 2.65. The fourth-order valence-electron chi connectivity index (χ4n) is 2.65. The minimum absolute atomic E-state index is 0.0639. The molecule has 0 saturated heterocycles. The molecular weight excluding hydrogens is 252 g/mol. The third-order valence-electron chi connectivity index (χ3n) is 3.76. The Bertz CT molecular complexity index is 307. The summed E-state index contributed by atoms with van der Waals surface area (Å²) >= 11 is 0. The monoisotopic (exact) mass is 284 g/mol. The van der Waals surface area contributed by atoms with Gasteiger partial charge in [-0.15, -0.1) is 0 Å². The SMILES string of the molecule is CC(C)(N)CCC1CCC(NC(=O)OC(C)(C)C)CC1. The Balaban J connectivity index is 2.24. The molecule has 1 amide bonds. The van der Waals surface area contributed by atoms with E-state index in [-0.39, 0.29) is 17.7 Å². The van der Waals surface area contributed by atoms with Gasteiger partial charge in [0.15, 0.2) is 0 Å². The third-order valence-corrected chi connectivity index (χ3v) is 3.76. The first-order chi connectivity index (χ1) is 9.05. The van der Waals surface area contributed by atoms with Crippen LogP contribution in [0.3, 0.4) is 0 Å². The summed E-state index contributed by atoms with van der Waals surface area (Å²) in [4.78, 5) is 11.7. The molecule has 0 spiro atoms. The Labute approximate surface area is 123 Å². The van der Waals surface area contributed by atoms with Gasteiger partial charge in [-0.2, -0.15) is 0 Å². The lowest BCUT2D eigenvalue weighted by Crippen LogP contribution is -2.41. The van der Waals surface area contributed by atoms with Crippen LogP contribution >= 0.6 is 0 Å². The van der Waals surface area contributed by atoms with Gasteiger partial charge in [0.25, 0.3) is 0 Å². The summed E-state index contributed by atoms with van der Waals surface area (Å²) in [5.74, 6) is 0.759. The highest BCUT2D eigenvalue weighted by molar-refractivity contribution is 5.68. The van der Waals surface area contributed by atoms with Crippen molar-refractivity contribution in [3.05, 3.63) is 0 Å². The van der Waals surface area contributed by atoms with Gasteiger partial charge in [0.05, 0.1) is 0 Å². The molecule has 0 heterocycles. The van der Waals surface area contributed by atoms with Gasteiger partial charge in [-0.1, -0.05) is 0 Å². The van der Waals surface area contributed by atoms with E-state index in [4.69, 9.17) is 10.5 Å². The van der Waals surface area contributed by atoms with E-state index in [1.165, 1.54) is 19.3 Å². The summed E-state index contributed by atoms with van der Waals surface area (Å²) in [6.45, 7) is 9.83. The Morgan fingerprint density at radius 1 is 1.15 bits per heavy atom. The predicted molar refractivity (Wildman–Crippen MR) is 82.6 cm³/mol. The zero-order chi connectivity index (χ0) is 15.4. The minimum atomic E-state index is -0.423. The smallest absolute Gasteiger partial charge is 0.407 e. The highest BCUT2D eigenvalue weighted by Gasteiger charge is 2.25. The first-order valence-electron chi connectivity index (χ1n) is 7.83. The zero-order valence-electron chi connectivity index (χ0n) is 13.8. The van der Waals surface area contributed by atoms with Crippen LogP contribution in [-0.4, -0.2) is 23.3 Å². The Morgan fingerprint density at radius 3 is 2.15 bits per heavy atom. The topological polar surface area (TPSA) is 64.3 Å². The number of nitrogens with one attached hydrogen (secondary N) is 1. The Hall–Kier alpha value is -0.770. The lowest BCUT2D eigenvalue weighted by atomic mass is 9.81. The minimum Gasteiger partial charge on any atom is -0.444 e. The first-order valence-corrected chi connectivity index (χ1v) is 7.83. The molecule has 4 nitrogen and oxygen atoms in total. The van der Waals surface area contributed by atoms with Crippen molar-refractivity contribution in [2.75, 3.05) is 0 Å². The average Bonchev–Trinajstić information content (AvgIpc) is 2.24. The van der Waals surface area contributed by atoms with Gasteiger partial charge < -0.3 is 15.8 Å². The lowest BCUT2D eigenvalue weighted by Gasteiger charge is -2.31. The second-order valence-electron chi connectivity index (χ2n) is 7.89. The van der Waals surface area contributed by atoms with Gasteiger partial charge in [0.2, 0.25) is 0 Å². The van der Waals surface area contributed by atoms with Crippen molar-refractivity contribution in [2.24, 2.45) is 11.7 Å². The molecule has 0 atom stereocenters. The summed E-state index contributed by atoms with van der Waals surface area (Å²) in [5.41, 5.74) is 5.54. The lowest BCUT2D eigenvalue weighted by molar-refractivity contribution is 0.0486. The molecule has 0 aliphatic heterocycles. The third kappa shape index (κ3) is 7.73. The number of hydrogen-bond donors (Lipinski definition) is 2. The van der Waals surface area contributed by atoms with Crippen LogP contribution < -0.4 is 11.1 Å². The van der Waals surface area contributed by atoms with Crippen LogP contribution in [-0.2, 0) is 4.74 Å². The Morgan fingerprint density at radius 2 is 1.70 bits per heavy atom. The largest absolute Gasteiger partial charge is 0.444 e. The van der Waals surface area contributed by atoms with Crippen LogP contribution in [0.4, 0.5) is 4.79 Å². The van der Waals surface area contributed by atoms with Crippen molar-refractivity contribution in [3.63, 3.8) is 0 Å². The second-order valence-corrected chi connectivity index (χ2v) is 7.89. The van der Waals surface area contributed by atoms with Gasteiger partial charge in [-0.05, 0) is 79.1 Å². The molecule has 0 bridgehead atoms. The maximum absolute atomic E-state index is 11.7. The van der Waals surface area contributed by atoms with Crippen molar-refractivity contribution in [3.8, 4) is 0 Å². The van der Waals surface area contributed by atoms with Gasteiger partial charge >= 0.3 is 6.09 Å². The number of rotatable bonds is 4. The number of ether oxygens (including phenoxy) is 1. The highest BCUT2D eigenvalue weighted by Crippen LogP contribution is 2.29. The van der Waals surface area contributed by atoms with E-state index in [0.29, 0.717) is 0 Å². The first kappa shape index (κ1) is 17.3. The number of carbonyl (C=O) groups is 1. The van der Waals surface area contributed by atoms with Gasteiger partial charge in [-0.25, -0.2) is 4.79 Å². The van der Waals surface area contributed by atoms with E-state index >= 15 is 0 Å². The molecular formula is C16H32N2O2. The second kappa shape index (κ2) is 6.79.